The number of hydrogen-bond acceptors (Lipinski definition) is 1. The van der Waals surface area contributed by atoms with Crippen molar-refractivity contribution in [3.8, 4) is 0 Å². The summed E-state index contributed by atoms with van der Waals surface area (Å²) in [7, 11) is -1.46. The van der Waals surface area contributed by atoms with E-state index in [0.29, 0.717) is 5.57 Å². The lowest BCUT2D eigenvalue weighted by atomic mass is 10.4. The first-order chi connectivity index (χ1) is 7.45. The summed E-state index contributed by atoms with van der Waals surface area (Å²) in [5, 5.41) is 8.95. The molecule has 0 aliphatic rings. The molecular weight excluding hydrogens is 216 g/mol. The Bertz CT molecular complexity index is 238. The summed E-state index contributed by atoms with van der Waals surface area (Å²) in [5.41, 5.74) is 2.64. The second-order valence-corrected chi connectivity index (χ2v) is 9.59. The molecule has 2 nitrogen and oxygen atoms in total. The van der Waals surface area contributed by atoms with E-state index in [0.717, 1.165) is 0 Å². The topological polar surface area (TPSA) is 37.3 Å². The third-order valence-corrected chi connectivity index (χ3v) is 7.23. The molecule has 94 valence electrons. The molecule has 0 aromatic rings. The van der Waals surface area contributed by atoms with Crippen molar-refractivity contribution >= 4 is 14.0 Å². The number of rotatable bonds is 8. The first-order valence-corrected chi connectivity index (χ1v) is 9.37. The minimum atomic E-state index is -1.46. The van der Waals surface area contributed by atoms with Crippen molar-refractivity contribution in [2.75, 3.05) is 0 Å². The highest BCUT2D eigenvalue weighted by Gasteiger charge is 2.24. The van der Waals surface area contributed by atoms with E-state index >= 15 is 0 Å². The Kier molecular flexibility index (Phi) is 7.39. The summed E-state index contributed by atoms with van der Waals surface area (Å²) < 4.78 is 0. The molecule has 0 aromatic carbocycles. The zero-order valence-electron chi connectivity index (χ0n) is 11.2. The lowest BCUT2D eigenvalue weighted by Gasteiger charge is -2.24. The van der Waals surface area contributed by atoms with Gasteiger partial charge in [-0.05, 0) is 6.92 Å². The van der Waals surface area contributed by atoms with Gasteiger partial charge in [-0.15, -0.1) is 0 Å². The minimum Gasteiger partial charge on any atom is -0.478 e. The Labute approximate surface area is 101 Å². The van der Waals surface area contributed by atoms with Gasteiger partial charge in [0.15, 0.2) is 0 Å². The second kappa shape index (κ2) is 7.66. The highest BCUT2D eigenvalue weighted by Crippen LogP contribution is 2.24. The van der Waals surface area contributed by atoms with Crippen molar-refractivity contribution in [2.24, 2.45) is 0 Å². The average molecular weight is 242 g/mol. The van der Waals surface area contributed by atoms with Crippen molar-refractivity contribution in [1.29, 1.82) is 0 Å². The lowest BCUT2D eigenvalue weighted by molar-refractivity contribution is -0.132. The van der Waals surface area contributed by atoms with Gasteiger partial charge in [-0.1, -0.05) is 63.9 Å². The van der Waals surface area contributed by atoms with Crippen LogP contribution < -0.4 is 0 Å². The van der Waals surface area contributed by atoms with Gasteiger partial charge in [0.1, 0.15) is 0 Å². The molecule has 16 heavy (non-hydrogen) atoms. The smallest absolute Gasteiger partial charge is 0.330 e. The molecule has 0 bridgehead atoms. The van der Waals surface area contributed by atoms with Crippen LogP contribution in [0.4, 0.5) is 0 Å². The van der Waals surface area contributed by atoms with Crippen LogP contribution in [0.3, 0.4) is 0 Å². The van der Waals surface area contributed by atoms with Crippen molar-refractivity contribution in [3.05, 3.63) is 11.3 Å². The molecule has 0 aliphatic carbocycles. The number of hydrogen-bond donors (Lipinski definition) is 1. The second-order valence-electron chi connectivity index (χ2n) is 4.99. The average Bonchev–Trinajstić information content (AvgIpc) is 2.23. The summed E-state index contributed by atoms with van der Waals surface area (Å²) in [6, 6.07) is 2.46. The van der Waals surface area contributed by atoms with Gasteiger partial charge in [0.05, 0.1) is 8.07 Å². The van der Waals surface area contributed by atoms with E-state index in [1.165, 1.54) is 37.8 Å². The van der Waals surface area contributed by atoms with Gasteiger partial charge in [-0.3, -0.25) is 0 Å². The molecule has 0 aromatic heterocycles. The monoisotopic (exact) mass is 242 g/mol. The predicted molar refractivity (Wildman–Crippen MR) is 72.4 cm³/mol. The summed E-state index contributed by atoms with van der Waals surface area (Å²) in [6.45, 7) is 8.45. The van der Waals surface area contributed by atoms with Crippen LogP contribution in [0.15, 0.2) is 11.3 Å². The van der Waals surface area contributed by atoms with Crippen LogP contribution in [0, 0.1) is 0 Å². The van der Waals surface area contributed by atoms with Gasteiger partial charge in [0, 0.05) is 5.57 Å². The normalized spacial score (nSPS) is 12.9. The molecular formula is C13H26O2Si. The molecule has 0 heterocycles. The molecule has 0 radical (unpaired) electrons. The van der Waals surface area contributed by atoms with E-state index in [1.807, 2.05) is 0 Å². The molecule has 0 spiro atoms. The lowest BCUT2D eigenvalue weighted by Crippen LogP contribution is -2.28. The van der Waals surface area contributed by atoms with E-state index in [2.05, 4.69) is 26.1 Å². The van der Waals surface area contributed by atoms with E-state index in [4.69, 9.17) is 5.11 Å². The Morgan fingerprint density at radius 3 is 1.94 bits per heavy atom. The first kappa shape index (κ1) is 15.4. The Morgan fingerprint density at radius 1 is 1.19 bits per heavy atom. The third kappa shape index (κ3) is 6.11. The molecule has 0 atom stereocenters. The summed E-state index contributed by atoms with van der Waals surface area (Å²) in [4.78, 5) is 10.9. The van der Waals surface area contributed by atoms with Crippen LogP contribution in [-0.2, 0) is 4.79 Å². The van der Waals surface area contributed by atoms with Crippen LogP contribution in [0.2, 0.25) is 18.6 Å². The van der Waals surface area contributed by atoms with E-state index < -0.39 is 14.0 Å². The molecule has 0 saturated carbocycles. The molecule has 0 unspecified atom stereocenters. The van der Waals surface area contributed by atoms with Gasteiger partial charge in [-0.25, -0.2) is 4.79 Å². The van der Waals surface area contributed by atoms with Crippen LogP contribution in [0.5, 0.6) is 0 Å². The summed E-state index contributed by atoms with van der Waals surface area (Å²) in [6.07, 6.45) is 4.87. The van der Waals surface area contributed by atoms with Gasteiger partial charge in [0.2, 0.25) is 0 Å². The number of aliphatic carboxylic acids is 1. The molecule has 0 rings (SSSR count). The molecule has 0 saturated heterocycles. The molecule has 1 N–H and O–H groups in total. The Hall–Kier alpha value is -0.573. The highest BCUT2D eigenvalue weighted by molar-refractivity contribution is 6.83. The zero-order chi connectivity index (χ0) is 12.6. The number of carboxylic acids is 1. The van der Waals surface area contributed by atoms with Crippen LogP contribution >= 0.6 is 0 Å². The SMILES string of the molecule is CCCC[Si](C)(C=C(C)C(=O)O)CCCC. The minimum absolute atomic E-state index is 0.543. The number of carboxylic acid groups (broad SMARTS) is 1. The molecule has 0 amide bonds. The molecule has 0 aliphatic heterocycles. The Morgan fingerprint density at radius 2 is 1.62 bits per heavy atom. The van der Waals surface area contributed by atoms with Crippen LogP contribution in [-0.4, -0.2) is 19.1 Å². The number of carbonyl (C=O) groups is 1. The molecule has 0 fully saturated rings. The van der Waals surface area contributed by atoms with E-state index in [1.54, 1.807) is 6.92 Å². The van der Waals surface area contributed by atoms with E-state index in [9.17, 15) is 4.79 Å². The first-order valence-electron chi connectivity index (χ1n) is 6.38. The van der Waals surface area contributed by atoms with Crippen molar-refractivity contribution in [3.63, 3.8) is 0 Å². The van der Waals surface area contributed by atoms with Crippen LogP contribution in [0.25, 0.3) is 0 Å². The summed E-state index contributed by atoms with van der Waals surface area (Å²) >= 11 is 0. The third-order valence-electron chi connectivity index (χ3n) is 3.11. The fourth-order valence-corrected chi connectivity index (χ4v) is 6.04. The fourth-order valence-electron chi connectivity index (χ4n) is 2.01. The predicted octanol–water partition coefficient (Wildman–Crippen LogP) is 4.24. The van der Waals surface area contributed by atoms with Crippen LogP contribution in [0.1, 0.15) is 46.5 Å². The van der Waals surface area contributed by atoms with E-state index in [-0.39, 0.29) is 0 Å². The quantitative estimate of drug-likeness (QED) is 0.511. The standard InChI is InChI=1S/C13H26O2Si/c1-5-7-9-16(4,10-8-6-2)11-12(3)13(14)15/h11H,5-10H2,1-4H3,(H,14,15). The van der Waals surface area contributed by atoms with Gasteiger partial charge in [-0.2, -0.15) is 0 Å². The molecule has 3 heteroatoms. The zero-order valence-corrected chi connectivity index (χ0v) is 12.2. The van der Waals surface area contributed by atoms with Crippen molar-refractivity contribution in [1.82, 2.24) is 0 Å². The maximum atomic E-state index is 10.9. The maximum absolute atomic E-state index is 10.9. The highest BCUT2D eigenvalue weighted by atomic mass is 28.3. The van der Waals surface area contributed by atoms with Gasteiger partial charge < -0.3 is 5.11 Å². The Balaban J connectivity index is 4.63. The summed E-state index contributed by atoms with van der Waals surface area (Å²) in [5.74, 6) is -0.758. The fraction of sp³-hybridized carbons (Fsp3) is 0.769. The van der Waals surface area contributed by atoms with Crippen molar-refractivity contribution < 1.29 is 9.90 Å². The number of unbranched alkanes of at least 4 members (excludes halogenated alkanes) is 2. The largest absolute Gasteiger partial charge is 0.478 e. The van der Waals surface area contributed by atoms with Gasteiger partial charge >= 0.3 is 5.97 Å². The van der Waals surface area contributed by atoms with Crippen molar-refractivity contribution in [2.45, 2.75) is 65.1 Å². The van der Waals surface area contributed by atoms with Gasteiger partial charge in [0.25, 0.3) is 0 Å². The maximum Gasteiger partial charge on any atom is 0.330 e.